The smallest absolute Gasteiger partial charge is 0.321 e. The summed E-state index contributed by atoms with van der Waals surface area (Å²) < 4.78 is 5.22. The maximum atomic E-state index is 12.1. The second-order valence-corrected chi connectivity index (χ2v) is 4.88. The minimum Gasteiger partial charge on any atom is -0.481 e. The lowest BCUT2D eigenvalue weighted by Gasteiger charge is -2.16. The van der Waals surface area contributed by atoms with Gasteiger partial charge in [0.15, 0.2) is 0 Å². The Morgan fingerprint density at radius 1 is 1.30 bits per heavy atom. The van der Waals surface area contributed by atoms with Crippen LogP contribution in [0.15, 0.2) is 30.5 Å². The number of nitrogens with one attached hydrogen (secondary N) is 1. The van der Waals surface area contributed by atoms with Crippen molar-refractivity contribution in [2.75, 3.05) is 25.5 Å². The topological polar surface area (TPSA) is 54.5 Å². The van der Waals surface area contributed by atoms with Gasteiger partial charge in [0.25, 0.3) is 0 Å². The molecule has 1 saturated heterocycles. The normalized spacial score (nSPS) is 14.6. The van der Waals surface area contributed by atoms with Crippen LogP contribution in [0.3, 0.4) is 0 Å². The predicted molar refractivity (Wildman–Crippen MR) is 78.1 cm³/mol. The summed E-state index contributed by atoms with van der Waals surface area (Å²) in [6, 6.07) is 7.61. The Hall–Kier alpha value is -2.30. The first-order valence-electron chi connectivity index (χ1n) is 6.76. The molecular formula is C15H17N3O2. The number of urea groups is 1. The zero-order chi connectivity index (χ0) is 13.9. The van der Waals surface area contributed by atoms with E-state index in [0.29, 0.717) is 5.88 Å². The van der Waals surface area contributed by atoms with Crippen LogP contribution < -0.4 is 10.1 Å². The highest BCUT2D eigenvalue weighted by molar-refractivity contribution is 5.95. The lowest BCUT2D eigenvalue weighted by atomic mass is 10.1. The van der Waals surface area contributed by atoms with Crippen LogP contribution in [-0.4, -0.2) is 36.1 Å². The van der Waals surface area contributed by atoms with Crippen molar-refractivity contribution in [3.05, 3.63) is 30.5 Å². The summed E-state index contributed by atoms with van der Waals surface area (Å²) in [5.74, 6) is 0.597. The Morgan fingerprint density at radius 3 is 2.85 bits per heavy atom. The van der Waals surface area contributed by atoms with E-state index in [4.69, 9.17) is 4.74 Å². The fourth-order valence-corrected chi connectivity index (χ4v) is 2.51. The molecule has 3 rings (SSSR count). The van der Waals surface area contributed by atoms with E-state index in [1.807, 2.05) is 29.2 Å². The van der Waals surface area contributed by atoms with E-state index in [9.17, 15) is 4.79 Å². The van der Waals surface area contributed by atoms with Gasteiger partial charge in [-0.1, -0.05) is 0 Å². The molecule has 5 nitrogen and oxygen atoms in total. The second kappa shape index (κ2) is 5.36. The average molecular weight is 271 g/mol. The quantitative estimate of drug-likeness (QED) is 0.913. The third kappa shape index (κ3) is 2.39. The Morgan fingerprint density at radius 2 is 2.10 bits per heavy atom. The van der Waals surface area contributed by atoms with Crippen LogP contribution in [0, 0.1) is 0 Å². The van der Waals surface area contributed by atoms with Gasteiger partial charge in [0.05, 0.1) is 7.11 Å². The number of likely N-dealkylation sites (tertiary alicyclic amines) is 1. The van der Waals surface area contributed by atoms with Crippen LogP contribution in [0.25, 0.3) is 10.8 Å². The SMILES string of the molecule is COc1nccc2cc(NC(=O)N3CCCC3)ccc12. The molecule has 0 saturated carbocycles. The summed E-state index contributed by atoms with van der Waals surface area (Å²) in [6.07, 6.45) is 3.88. The number of hydrogen-bond acceptors (Lipinski definition) is 3. The molecule has 0 unspecified atom stereocenters. The number of anilines is 1. The molecule has 2 heterocycles. The van der Waals surface area contributed by atoms with Gasteiger partial charge in [-0.2, -0.15) is 0 Å². The number of aromatic nitrogens is 1. The fourth-order valence-electron chi connectivity index (χ4n) is 2.51. The predicted octanol–water partition coefficient (Wildman–Crippen LogP) is 2.87. The molecule has 1 aromatic heterocycles. The van der Waals surface area contributed by atoms with Gasteiger partial charge in [0.1, 0.15) is 0 Å². The first-order valence-corrected chi connectivity index (χ1v) is 6.76. The summed E-state index contributed by atoms with van der Waals surface area (Å²) in [5, 5.41) is 4.87. The van der Waals surface area contributed by atoms with Crippen LogP contribution in [0.2, 0.25) is 0 Å². The number of carbonyl (C=O) groups excluding carboxylic acids is 1. The lowest BCUT2D eigenvalue weighted by Crippen LogP contribution is -2.32. The Kier molecular flexibility index (Phi) is 3.41. The zero-order valence-corrected chi connectivity index (χ0v) is 11.4. The zero-order valence-electron chi connectivity index (χ0n) is 11.4. The Labute approximate surface area is 117 Å². The number of pyridine rings is 1. The highest BCUT2D eigenvalue weighted by Gasteiger charge is 2.17. The van der Waals surface area contributed by atoms with Gasteiger partial charge < -0.3 is 15.0 Å². The molecule has 104 valence electrons. The minimum absolute atomic E-state index is 0.0251. The molecule has 20 heavy (non-hydrogen) atoms. The van der Waals surface area contributed by atoms with Crippen molar-refractivity contribution in [2.24, 2.45) is 0 Å². The average Bonchev–Trinajstić information content (AvgIpc) is 3.00. The largest absolute Gasteiger partial charge is 0.481 e. The van der Waals surface area contributed by atoms with Crippen LogP contribution in [0.5, 0.6) is 5.88 Å². The number of amides is 2. The highest BCUT2D eigenvalue weighted by atomic mass is 16.5. The van der Waals surface area contributed by atoms with Crippen LogP contribution in [0.4, 0.5) is 10.5 Å². The summed E-state index contributed by atoms with van der Waals surface area (Å²) in [7, 11) is 1.60. The number of carbonyl (C=O) groups is 1. The highest BCUT2D eigenvalue weighted by Crippen LogP contribution is 2.25. The first kappa shape index (κ1) is 12.7. The number of benzene rings is 1. The van der Waals surface area contributed by atoms with Crippen LogP contribution in [-0.2, 0) is 0 Å². The summed E-state index contributed by atoms with van der Waals surface area (Å²) >= 11 is 0. The summed E-state index contributed by atoms with van der Waals surface area (Å²) in [6.45, 7) is 1.69. The molecule has 2 amide bonds. The van der Waals surface area contributed by atoms with Crippen LogP contribution in [0.1, 0.15) is 12.8 Å². The molecule has 0 radical (unpaired) electrons. The van der Waals surface area contributed by atoms with Gasteiger partial charge in [-0.05, 0) is 42.5 Å². The number of methoxy groups -OCH3 is 1. The molecule has 0 atom stereocenters. The monoisotopic (exact) mass is 271 g/mol. The number of ether oxygens (including phenoxy) is 1. The van der Waals surface area contributed by atoms with Crippen molar-refractivity contribution in [3.8, 4) is 5.88 Å². The molecule has 1 aliphatic heterocycles. The number of nitrogens with zero attached hydrogens (tertiary/aromatic N) is 2. The van der Waals surface area contributed by atoms with E-state index >= 15 is 0 Å². The Bertz CT molecular complexity index is 636. The van der Waals surface area contributed by atoms with Crippen molar-refractivity contribution >= 4 is 22.5 Å². The van der Waals surface area contributed by atoms with Gasteiger partial charge in [0.2, 0.25) is 5.88 Å². The van der Waals surface area contributed by atoms with Crippen LogP contribution >= 0.6 is 0 Å². The van der Waals surface area contributed by atoms with Gasteiger partial charge in [-0.25, -0.2) is 9.78 Å². The van der Waals surface area contributed by atoms with Crippen molar-refractivity contribution < 1.29 is 9.53 Å². The third-order valence-corrected chi connectivity index (χ3v) is 3.57. The molecular weight excluding hydrogens is 254 g/mol. The van der Waals surface area contributed by atoms with Crippen molar-refractivity contribution in [2.45, 2.75) is 12.8 Å². The van der Waals surface area contributed by atoms with E-state index in [1.165, 1.54) is 0 Å². The maximum Gasteiger partial charge on any atom is 0.321 e. The lowest BCUT2D eigenvalue weighted by molar-refractivity contribution is 0.222. The molecule has 5 heteroatoms. The van der Waals surface area contributed by atoms with E-state index in [2.05, 4.69) is 10.3 Å². The van der Waals surface area contributed by atoms with E-state index in [-0.39, 0.29) is 6.03 Å². The fraction of sp³-hybridized carbons (Fsp3) is 0.333. The van der Waals surface area contributed by atoms with E-state index in [0.717, 1.165) is 42.4 Å². The minimum atomic E-state index is -0.0251. The van der Waals surface area contributed by atoms with Crippen molar-refractivity contribution in [3.63, 3.8) is 0 Å². The molecule has 1 fully saturated rings. The molecule has 0 spiro atoms. The van der Waals surface area contributed by atoms with Gasteiger partial charge in [-0.15, -0.1) is 0 Å². The molecule has 1 N–H and O–H groups in total. The van der Waals surface area contributed by atoms with Gasteiger partial charge in [0, 0.05) is 30.4 Å². The van der Waals surface area contributed by atoms with Gasteiger partial charge in [-0.3, -0.25) is 0 Å². The number of rotatable bonds is 2. The van der Waals surface area contributed by atoms with Crippen molar-refractivity contribution in [1.82, 2.24) is 9.88 Å². The summed E-state index contributed by atoms with van der Waals surface area (Å²) in [5.41, 5.74) is 0.794. The second-order valence-electron chi connectivity index (χ2n) is 4.88. The maximum absolute atomic E-state index is 12.1. The standard InChI is InChI=1S/C15H17N3O2/c1-20-14-13-5-4-12(10-11(13)6-7-16-14)17-15(19)18-8-2-3-9-18/h4-7,10H,2-3,8-9H2,1H3,(H,17,19). The Balaban J connectivity index is 1.84. The van der Waals surface area contributed by atoms with E-state index in [1.54, 1.807) is 13.3 Å². The van der Waals surface area contributed by atoms with E-state index < -0.39 is 0 Å². The molecule has 1 aliphatic rings. The molecule has 0 bridgehead atoms. The molecule has 1 aromatic carbocycles. The van der Waals surface area contributed by atoms with Gasteiger partial charge >= 0.3 is 6.03 Å². The molecule has 2 aromatic rings. The third-order valence-electron chi connectivity index (χ3n) is 3.57. The number of hydrogen-bond donors (Lipinski definition) is 1. The molecule has 0 aliphatic carbocycles. The summed E-state index contributed by atoms with van der Waals surface area (Å²) in [4.78, 5) is 18.1. The number of fused-ring (bicyclic) bond motifs is 1. The first-order chi connectivity index (χ1) is 9.78. The van der Waals surface area contributed by atoms with Crippen molar-refractivity contribution in [1.29, 1.82) is 0 Å².